The first-order valence-corrected chi connectivity index (χ1v) is 8.42. The second-order valence-electron chi connectivity index (χ2n) is 5.56. The van der Waals surface area contributed by atoms with Crippen molar-refractivity contribution in [1.29, 1.82) is 0 Å². The van der Waals surface area contributed by atoms with Crippen LogP contribution in [0.4, 0.5) is 5.82 Å². The minimum atomic E-state index is -0.166. The molecule has 0 saturated carbocycles. The van der Waals surface area contributed by atoms with E-state index >= 15 is 0 Å². The molecule has 1 N–H and O–H groups in total. The van der Waals surface area contributed by atoms with E-state index in [1.54, 1.807) is 24.5 Å². The van der Waals surface area contributed by atoms with Gasteiger partial charge < -0.3 is 19.7 Å². The van der Waals surface area contributed by atoms with E-state index in [9.17, 15) is 4.79 Å². The lowest BCUT2D eigenvalue weighted by Gasteiger charge is -2.29. The molecular formula is C18H22N4O3. The van der Waals surface area contributed by atoms with E-state index in [4.69, 9.17) is 9.47 Å². The van der Waals surface area contributed by atoms with Gasteiger partial charge in [0, 0.05) is 37.6 Å². The highest BCUT2D eigenvalue weighted by Crippen LogP contribution is 2.19. The molecule has 1 fully saturated rings. The van der Waals surface area contributed by atoms with Crippen molar-refractivity contribution in [1.82, 2.24) is 15.3 Å². The van der Waals surface area contributed by atoms with Gasteiger partial charge in [0.05, 0.1) is 25.4 Å². The fourth-order valence-electron chi connectivity index (χ4n) is 2.70. The first-order chi connectivity index (χ1) is 12.3. The second kappa shape index (κ2) is 8.43. The van der Waals surface area contributed by atoms with Crippen molar-refractivity contribution < 1.29 is 14.3 Å². The van der Waals surface area contributed by atoms with Crippen molar-refractivity contribution in [3.05, 3.63) is 47.8 Å². The third-order valence-electron chi connectivity index (χ3n) is 3.91. The molecule has 7 nitrogen and oxygen atoms in total. The predicted molar refractivity (Wildman–Crippen MR) is 93.8 cm³/mol. The van der Waals surface area contributed by atoms with Crippen LogP contribution in [0.25, 0.3) is 0 Å². The van der Waals surface area contributed by atoms with E-state index < -0.39 is 0 Å². The molecule has 3 heterocycles. The van der Waals surface area contributed by atoms with Crippen LogP contribution in [-0.4, -0.2) is 48.8 Å². The summed E-state index contributed by atoms with van der Waals surface area (Å²) in [6, 6.07) is 7.28. The Morgan fingerprint density at radius 2 is 2.00 bits per heavy atom. The number of ether oxygens (including phenoxy) is 2. The summed E-state index contributed by atoms with van der Waals surface area (Å²) in [5.41, 5.74) is 1.40. The molecule has 2 aromatic heterocycles. The molecule has 3 rings (SSSR count). The molecule has 1 amide bonds. The molecule has 1 aliphatic rings. The monoisotopic (exact) mass is 342 g/mol. The van der Waals surface area contributed by atoms with Gasteiger partial charge in [-0.25, -0.2) is 9.97 Å². The zero-order valence-corrected chi connectivity index (χ0v) is 14.3. The first kappa shape index (κ1) is 17.2. The maximum Gasteiger partial charge on any atom is 0.255 e. The second-order valence-corrected chi connectivity index (χ2v) is 5.56. The lowest BCUT2D eigenvalue weighted by atomic mass is 10.2. The van der Waals surface area contributed by atoms with E-state index in [1.165, 1.54) is 0 Å². The van der Waals surface area contributed by atoms with Crippen LogP contribution in [-0.2, 0) is 11.3 Å². The number of hydrogen-bond acceptors (Lipinski definition) is 6. The maximum atomic E-state index is 12.7. The summed E-state index contributed by atoms with van der Waals surface area (Å²) in [5.74, 6) is 1.07. The Balaban J connectivity index is 1.72. The number of pyridine rings is 2. The summed E-state index contributed by atoms with van der Waals surface area (Å²) in [7, 11) is 0. The smallest absolute Gasteiger partial charge is 0.255 e. The largest absolute Gasteiger partial charge is 0.478 e. The molecule has 0 spiro atoms. The number of nitrogens with one attached hydrogen (secondary N) is 1. The fourth-order valence-corrected chi connectivity index (χ4v) is 2.70. The highest BCUT2D eigenvalue weighted by molar-refractivity contribution is 5.98. The number of carbonyl (C=O) groups is 1. The molecule has 25 heavy (non-hydrogen) atoms. The van der Waals surface area contributed by atoms with Gasteiger partial charge in [0.25, 0.3) is 5.91 Å². The molecule has 132 valence electrons. The van der Waals surface area contributed by atoms with Crippen molar-refractivity contribution in [3.63, 3.8) is 0 Å². The molecule has 0 unspecified atom stereocenters. The third kappa shape index (κ3) is 4.24. The summed E-state index contributed by atoms with van der Waals surface area (Å²) in [6.45, 7) is 5.53. The molecule has 1 saturated heterocycles. The van der Waals surface area contributed by atoms with Crippen LogP contribution in [0.1, 0.15) is 22.8 Å². The topological polar surface area (TPSA) is 76.6 Å². The fraction of sp³-hybridized carbons (Fsp3) is 0.389. The van der Waals surface area contributed by atoms with Gasteiger partial charge in [0.1, 0.15) is 5.82 Å². The van der Waals surface area contributed by atoms with E-state index in [1.807, 2.05) is 19.1 Å². The normalized spacial score (nSPS) is 14.2. The number of aromatic nitrogens is 2. The summed E-state index contributed by atoms with van der Waals surface area (Å²) in [6.07, 6.45) is 3.38. The van der Waals surface area contributed by atoms with Gasteiger partial charge >= 0.3 is 0 Å². The molecular weight excluding hydrogens is 320 g/mol. The number of nitrogens with zero attached hydrogens (tertiary/aromatic N) is 3. The van der Waals surface area contributed by atoms with E-state index in [-0.39, 0.29) is 5.91 Å². The van der Waals surface area contributed by atoms with Gasteiger partial charge in [-0.3, -0.25) is 4.79 Å². The summed E-state index contributed by atoms with van der Waals surface area (Å²) < 4.78 is 10.9. The molecule has 0 aliphatic carbocycles. The Bertz CT molecular complexity index is 717. The molecule has 7 heteroatoms. The summed E-state index contributed by atoms with van der Waals surface area (Å²) >= 11 is 0. The predicted octanol–water partition coefficient (Wildman–Crippen LogP) is 1.64. The molecule has 0 bridgehead atoms. The number of morpholine rings is 1. The minimum Gasteiger partial charge on any atom is -0.478 e. The molecule has 2 aromatic rings. The van der Waals surface area contributed by atoms with Gasteiger partial charge in [-0.15, -0.1) is 0 Å². The van der Waals surface area contributed by atoms with Crippen molar-refractivity contribution in [2.24, 2.45) is 0 Å². The van der Waals surface area contributed by atoms with Gasteiger partial charge in [0.15, 0.2) is 0 Å². The Labute approximate surface area is 147 Å². The van der Waals surface area contributed by atoms with Gasteiger partial charge in [0.2, 0.25) is 5.88 Å². The minimum absolute atomic E-state index is 0.166. The van der Waals surface area contributed by atoms with Crippen molar-refractivity contribution >= 4 is 11.7 Å². The SMILES string of the molecule is CCOc1ncccc1CNC(=O)c1cccnc1N1CCOCC1. The summed E-state index contributed by atoms with van der Waals surface area (Å²) in [4.78, 5) is 23.4. The average Bonchev–Trinajstić information content (AvgIpc) is 2.68. The van der Waals surface area contributed by atoms with Crippen molar-refractivity contribution in [3.8, 4) is 5.88 Å². The zero-order chi connectivity index (χ0) is 17.5. The number of anilines is 1. The quantitative estimate of drug-likeness (QED) is 0.860. The van der Waals surface area contributed by atoms with Crippen LogP contribution >= 0.6 is 0 Å². The van der Waals surface area contributed by atoms with Crippen LogP contribution in [0.3, 0.4) is 0 Å². The standard InChI is InChI=1S/C18H22N4O3/c1-2-25-18-14(5-3-8-20-18)13-21-17(23)15-6-4-7-19-16(15)22-9-11-24-12-10-22/h3-8H,2,9-13H2,1H3,(H,21,23). The van der Waals surface area contributed by atoms with Gasteiger partial charge in [-0.05, 0) is 25.1 Å². The van der Waals surface area contributed by atoms with Crippen LogP contribution in [0.2, 0.25) is 0 Å². The Morgan fingerprint density at radius 3 is 2.80 bits per heavy atom. The van der Waals surface area contributed by atoms with E-state index in [0.717, 1.165) is 18.7 Å². The average molecular weight is 342 g/mol. The van der Waals surface area contributed by atoms with Crippen LogP contribution in [0.5, 0.6) is 5.88 Å². The highest BCUT2D eigenvalue weighted by atomic mass is 16.5. The van der Waals surface area contributed by atoms with Crippen LogP contribution < -0.4 is 15.0 Å². The molecule has 0 aromatic carbocycles. The number of rotatable bonds is 6. The van der Waals surface area contributed by atoms with Crippen molar-refractivity contribution in [2.75, 3.05) is 37.8 Å². The number of carbonyl (C=O) groups excluding carboxylic acids is 1. The Hall–Kier alpha value is -2.67. The Morgan fingerprint density at radius 1 is 1.24 bits per heavy atom. The maximum absolute atomic E-state index is 12.7. The van der Waals surface area contributed by atoms with E-state index in [0.29, 0.717) is 43.6 Å². The summed E-state index contributed by atoms with van der Waals surface area (Å²) in [5, 5.41) is 2.94. The molecule has 1 aliphatic heterocycles. The van der Waals surface area contributed by atoms with Gasteiger partial charge in [-0.2, -0.15) is 0 Å². The lowest BCUT2D eigenvalue weighted by Crippen LogP contribution is -2.38. The van der Waals surface area contributed by atoms with Crippen LogP contribution in [0.15, 0.2) is 36.7 Å². The number of hydrogen-bond donors (Lipinski definition) is 1. The van der Waals surface area contributed by atoms with E-state index in [2.05, 4.69) is 20.2 Å². The molecule has 0 atom stereocenters. The highest BCUT2D eigenvalue weighted by Gasteiger charge is 2.20. The third-order valence-corrected chi connectivity index (χ3v) is 3.91. The zero-order valence-electron chi connectivity index (χ0n) is 14.3. The first-order valence-electron chi connectivity index (χ1n) is 8.42. The molecule has 0 radical (unpaired) electrons. The number of amides is 1. The van der Waals surface area contributed by atoms with Crippen molar-refractivity contribution in [2.45, 2.75) is 13.5 Å². The van der Waals surface area contributed by atoms with Gasteiger partial charge in [-0.1, -0.05) is 6.07 Å². The Kier molecular flexibility index (Phi) is 5.79. The van der Waals surface area contributed by atoms with Crippen LogP contribution in [0, 0.1) is 0 Å². The lowest BCUT2D eigenvalue weighted by molar-refractivity contribution is 0.0948.